The summed E-state index contributed by atoms with van der Waals surface area (Å²) in [5.41, 5.74) is 1.60. The SMILES string of the molecule is CC.CC(=O)Nc1n[nH]c2nc(C)ccc12. The minimum Gasteiger partial charge on any atom is -0.309 e. The highest BCUT2D eigenvalue weighted by molar-refractivity contribution is 5.97. The molecule has 0 saturated carbocycles. The van der Waals surface area contributed by atoms with Gasteiger partial charge in [0.25, 0.3) is 0 Å². The number of hydrogen-bond donors (Lipinski definition) is 2. The molecule has 86 valence electrons. The van der Waals surface area contributed by atoms with Crippen LogP contribution in [0.25, 0.3) is 11.0 Å². The van der Waals surface area contributed by atoms with Crippen LogP contribution in [0.4, 0.5) is 5.82 Å². The van der Waals surface area contributed by atoms with Gasteiger partial charge in [-0.1, -0.05) is 13.8 Å². The molecular formula is C11H16N4O. The van der Waals surface area contributed by atoms with E-state index in [9.17, 15) is 4.79 Å². The maximum atomic E-state index is 10.8. The third-order valence-electron chi connectivity index (χ3n) is 1.86. The van der Waals surface area contributed by atoms with Gasteiger partial charge in [0.05, 0.1) is 5.39 Å². The van der Waals surface area contributed by atoms with Crippen molar-refractivity contribution in [3.63, 3.8) is 0 Å². The lowest BCUT2D eigenvalue weighted by Gasteiger charge is -1.96. The van der Waals surface area contributed by atoms with Crippen LogP contribution in [0, 0.1) is 6.92 Å². The number of aryl methyl sites for hydroxylation is 1. The van der Waals surface area contributed by atoms with E-state index in [4.69, 9.17) is 0 Å². The van der Waals surface area contributed by atoms with E-state index in [0.717, 1.165) is 11.1 Å². The zero-order chi connectivity index (χ0) is 12.1. The number of fused-ring (bicyclic) bond motifs is 1. The highest BCUT2D eigenvalue weighted by Gasteiger charge is 2.06. The van der Waals surface area contributed by atoms with Crippen molar-refractivity contribution in [2.75, 3.05) is 5.32 Å². The van der Waals surface area contributed by atoms with Crippen LogP contribution >= 0.6 is 0 Å². The fourth-order valence-electron chi connectivity index (χ4n) is 1.26. The van der Waals surface area contributed by atoms with Crippen LogP contribution in [-0.2, 0) is 4.79 Å². The van der Waals surface area contributed by atoms with E-state index in [1.54, 1.807) is 0 Å². The summed E-state index contributed by atoms with van der Waals surface area (Å²) >= 11 is 0. The maximum absolute atomic E-state index is 10.8. The van der Waals surface area contributed by atoms with E-state index in [-0.39, 0.29) is 5.91 Å². The van der Waals surface area contributed by atoms with E-state index in [0.29, 0.717) is 11.5 Å². The van der Waals surface area contributed by atoms with Gasteiger partial charge in [0.2, 0.25) is 5.91 Å². The third kappa shape index (κ3) is 2.56. The van der Waals surface area contributed by atoms with Gasteiger partial charge in [-0.25, -0.2) is 4.98 Å². The van der Waals surface area contributed by atoms with Gasteiger partial charge in [-0.05, 0) is 19.1 Å². The Morgan fingerprint density at radius 2 is 2.06 bits per heavy atom. The van der Waals surface area contributed by atoms with Crippen LogP contribution in [0.15, 0.2) is 12.1 Å². The number of rotatable bonds is 1. The Morgan fingerprint density at radius 3 is 2.69 bits per heavy atom. The van der Waals surface area contributed by atoms with Crippen LogP contribution in [0.5, 0.6) is 0 Å². The van der Waals surface area contributed by atoms with E-state index in [1.165, 1.54) is 6.92 Å². The molecule has 5 heteroatoms. The molecule has 0 aliphatic rings. The van der Waals surface area contributed by atoms with Crippen molar-refractivity contribution < 1.29 is 4.79 Å². The first-order valence-electron chi connectivity index (χ1n) is 5.26. The first-order valence-corrected chi connectivity index (χ1v) is 5.26. The van der Waals surface area contributed by atoms with Crippen molar-refractivity contribution in [3.05, 3.63) is 17.8 Å². The molecule has 2 N–H and O–H groups in total. The van der Waals surface area contributed by atoms with Gasteiger partial charge in [0.1, 0.15) is 0 Å². The number of hydrogen-bond acceptors (Lipinski definition) is 3. The molecule has 2 aromatic rings. The number of nitrogens with one attached hydrogen (secondary N) is 2. The summed E-state index contributed by atoms with van der Waals surface area (Å²) in [6, 6.07) is 3.76. The number of pyridine rings is 1. The van der Waals surface area contributed by atoms with Crippen molar-refractivity contribution in [2.24, 2.45) is 0 Å². The van der Waals surface area contributed by atoms with E-state index >= 15 is 0 Å². The fourth-order valence-corrected chi connectivity index (χ4v) is 1.26. The van der Waals surface area contributed by atoms with Crippen LogP contribution < -0.4 is 5.32 Å². The molecule has 0 atom stereocenters. The lowest BCUT2D eigenvalue weighted by molar-refractivity contribution is -0.114. The first kappa shape index (κ1) is 12.2. The highest BCUT2D eigenvalue weighted by Crippen LogP contribution is 2.18. The summed E-state index contributed by atoms with van der Waals surface area (Å²) in [5.74, 6) is 0.388. The number of carbonyl (C=O) groups is 1. The Kier molecular flexibility index (Phi) is 3.99. The molecule has 0 bridgehead atoms. The third-order valence-corrected chi connectivity index (χ3v) is 1.86. The number of aromatic amines is 1. The zero-order valence-electron chi connectivity index (χ0n) is 9.96. The molecule has 0 aliphatic carbocycles. The summed E-state index contributed by atoms with van der Waals surface area (Å²) in [5, 5.41) is 10.2. The Bertz CT molecular complexity index is 490. The summed E-state index contributed by atoms with van der Waals surface area (Å²) in [6.07, 6.45) is 0. The van der Waals surface area contributed by atoms with Gasteiger partial charge in [0, 0.05) is 12.6 Å². The minimum atomic E-state index is -0.140. The second-order valence-electron chi connectivity index (χ2n) is 3.10. The topological polar surface area (TPSA) is 70.7 Å². The maximum Gasteiger partial charge on any atom is 0.222 e. The van der Waals surface area contributed by atoms with Gasteiger partial charge in [-0.2, -0.15) is 5.10 Å². The van der Waals surface area contributed by atoms with Gasteiger partial charge < -0.3 is 5.32 Å². The lowest BCUT2D eigenvalue weighted by atomic mass is 10.3. The summed E-state index contributed by atoms with van der Waals surface area (Å²) < 4.78 is 0. The largest absolute Gasteiger partial charge is 0.309 e. The van der Waals surface area contributed by atoms with Gasteiger partial charge in [-0.15, -0.1) is 0 Å². The van der Waals surface area contributed by atoms with E-state index in [1.807, 2.05) is 32.9 Å². The first-order chi connectivity index (χ1) is 7.66. The Labute approximate surface area is 94.3 Å². The van der Waals surface area contributed by atoms with Crippen LogP contribution in [0.2, 0.25) is 0 Å². The Morgan fingerprint density at radius 1 is 1.38 bits per heavy atom. The second-order valence-corrected chi connectivity index (χ2v) is 3.10. The van der Waals surface area contributed by atoms with Crippen LogP contribution in [-0.4, -0.2) is 21.1 Å². The number of nitrogens with zero attached hydrogens (tertiary/aromatic N) is 2. The lowest BCUT2D eigenvalue weighted by Crippen LogP contribution is -2.06. The fraction of sp³-hybridized carbons (Fsp3) is 0.364. The average Bonchev–Trinajstić information content (AvgIpc) is 2.63. The van der Waals surface area contributed by atoms with Crippen LogP contribution in [0.1, 0.15) is 26.5 Å². The molecule has 0 fully saturated rings. The monoisotopic (exact) mass is 220 g/mol. The highest BCUT2D eigenvalue weighted by atomic mass is 16.1. The summed E-state index contributed by atoms with van der Waals surface area (Å²) in [4.78, 5) is 15.1. The number of carbonyl (C=O) groups excluding carboxylic acids is 1. The molecule has 2 rings (SSSR count). The van der Waals surface area contributed by atoms with E-state index < -0.39 is 0 Å². The molecular weight excluding hydrogens is 204 g/mol. The van der Waals surface area contributed by atoms with Crippen molar-refractivity contribution in [3.8, 4) is 0 Å². The zero-order valence-corrected chi connectivity index (χ0v) is 9.96. The second kappa shape index (κ2) is 5.25. The molecule has 0 aromatic carbocycles. The number of amides is 1. The predicted octanol–water partition coefficient (Wildman–Crippen LogP) is 2.25. The van der Waals surface area contributed by atoms with Crippen molar-refractivity contribution in [1.29, 1.82) is 0 Å². The van der Waals surface area contributed by atoms with Gasteiger partial charge in [-0.3, -0.25) is 9.89 Å². The predicted molar refractivity (Wildman–Crippen MR) is 64.3 cm³/mol. The molecule has 0 spiro atoms. The molecule has 0 unspecified atom stereocenters. The number of H-pyrrole nitrogens is 1. The van der Waals surface area contributed by atoms with Gasteiger partial charge in [0.15, 0.2) is 11.5 Å². The standard InChI is InChI=1S/C9H10N4O.C2H6/c1-5-3-4-7-8(10-5)12-13-9(7)11-6(2)14;1-2/h3-4H,1-2H3,(H2,10,11,12,13,14);1-2H3. The van der Waals surface area contributed by atoms with Gasteiger partial charge >= 0.3 is 0 Å². The Hall–Kier alpha value is -1.91. The quantitative estimate of drug-likeness (QED) is 0.774. The molecule has 5 nitrogen and oxygen atoms in total. The van der Waals surface area contributed by atoms with Crippen molar-refractivity contribution >= 4 is 22.8 Å². The smallest absolute Gasteiger partial charge is 0.222 e. The molecule has 0 radical (unpaired) electrons. The van der Waals surface area contributed by atoms with Crippen molar-refractivity contribution in [2.45, 2.75) is 27.7 Å². The van der Waals surface area contributed by atoms with E-state index in [2.05, 4.69) is 20.5 Å². The Balaban J connectivity index is 0.000000606. The molecule has 2 aromatic heterocycles. The minimum absolute atomic E-state index is 0.140. The summed E-state index contributed by atoms with van der Waals surface area (Å²) in [6.45, 7) is 7.35. The molecule has 0 aliphatic heterocycles. The number of anilines is 1. The van der Waals surface area contributed by atoms with Crippen molar-refractivity contribution in [1.82, 2.24) is 15.2 Å². The average molecular weight is 220 g/mol. The molecule has 0 saturated heterocycles. The normalized spacial score (nSPS) is 9.50. The summed E-state index contributed by atoms with van der Waals surface area (Å²) in [7, 11) is 0. The molecule has 1 amide bonds. The molecule has 2 heterocycles. The molecule has 16 heavy (non-hydrogen) atoms. The van der Waals surface area contributed by atoms with Crippen LogP contribution in [0.3, 0.4) is 0 Å². The number of aromatic nitrogens is 3.